The summed E-state index contributed by atoms with van der Waals surface area (Å²) in [4.78, 5) is 24.7. The van der Waals surface area contributed by atoms with E-state index in [9.17, 15) is 18.0 Å². The first kappa shape index (κ1) is 16.9. The van der Waals surface area contributed by atoms with Crippen molar-refractivity contribution in [2.75, 3.05) is 19.9 Å². The van der Waals surface area contributed by atoms with Gasteiger partial charge in [-0.2, -0.15) is 0 Å². The van der Waals surface area contributed by atoms with E-state index >= 15 is 0 Å². The molecule has 0 aliphatic carbocycles. The second-order valence-corrected chi connectivity index (χ2v) is 7.45. The predicted molar refractivity (Wildman–Crippen MR) is 67.8 cm³/mol. The Bertz CT molecular complexity index is 425. The molecule has 0 aliphatic rings. The molecule has 0 unspecified atom stereocenters. The Morgan fingerprint density at radius 2 is 1.72 bits per heavy atom. The SMILES string of the molecule is COC(=O)CN(C(=O)C(C)(C)S(C)(=O)=O)C(C)C. The van der Waals surface area contributed by atoms with Crippen LogP contribution in [0.4, 0.5) is 0 Å². The van der Waals surface area contributed by atoms with Crippen LogP contribution in [0.25, 0.3) is 0 Å². The lowest BCUT2D eigenvalue weighted by Crippen LogP contribution is -2.53. The predicted octanol–water partition coefficient (Wildman–Crippen LogP) is 0.220. The van der Waals surface area contributed by atoms with E-state index in [-0.39, 0.29) is 12.6 Å². The van der Waals surface area contributed by atoms with Crippen molar-refractivity contribution in [2.24, 2.45) is 0 Å². The van der Waals surface area contributed by atoms with Gasteiger partial charge in [0.25, 0.3) is 0 Å². The minimum atomic E-state index is -3.57. The summed E-state index contributed by atoms with van der Waals surface area (Å²) in [6, 6.07) is -0.294. The Morgan fingerprint density at radius 3 is 2.00 bits per heavy atom. The van der Waals surface area contributed by atoms with Crippen LogP contribution in [0, 0.1) is 0 Å². The van der Waals surface area contributed by atoms with Crippen molar-refractivity contribution in [3.8, 4) is 0 Å². The fraction of sp³-hybridized carbons (Fsp3) is 0.818. The van der Waals surface area contributed by atoms with E-state index in [2.05, 4.69) is 4.74 Å². The van der Waals surface area contributed by atoms with Crippen LogP contribution in [-0.4, -0.2) is 55.9 Å². The summed E-state index contributed by atoms with van der Waals surface area (Å²) in [5.74, 6) is -1.19. The van der Waals surface area contributed by atoms with E-state index in [0.29, 0.717) is 0 Å². The number of hydrogen-bond acceptors (Lipinski definition) is 5. The molecule has 0 spiro atoms. The Morgan fingerprint density at radius 1 is 1.28 bits per heavy atom. The zero-order valence-electron chi connectivity index (χ0n) is 11.7. The van der Waals surface area contributed by atoms with Gasteiger partial charge in [0, 0.05) is 12.3 Å². The van der Waals surface area contributed by atoms with Crippen molar-refractivity contribution in [3.63, 3.8) is 0 Å². The Hall–Kier alpha value is -1.11. The van der Waals surface area contributed by atoms with Crippen molar-refractivity contribution < 1.29 is 22.7 Å². The molecule has 0 aromatic carbocycles. The van der Waals surface area contributed by atoms with Crippen LogP contribution < -0.4 is 0 Å². The molecule has 6 nitrogen and oxygen atoms in total. The third kappa shape index (κ3) is 3.69. The van der Waals surface area contributed by atoms with Crippen LogP contribution in [0.15, 0.2) is 0 Å². The number of methoxy groups -OCH3 is 1. The van der Waals surface area contributed by atoms with E-state index in [4.69, 9.17) is 0 Å². The third-order valence-corrected chi connectivity index (χ3v) is 4.88. The topological polar surface area (TPSA) is 80.8 Å². The molecule has 0 aromatic heterocycles. The van der Waals surface area contributed by atoms with Gasteiger partial charge in [-0.05, 0) is 27.7 Å². The minimum absolute atomic E-state index is 0.258. The molecule has 1 amide bonds. The highest BCUT2D eigenvalue weighted by molar-refractivity contribution is 7.92. The molecule has 7 heteroatoms. The Labute approximate surface area is 108 Å². The van der Waals surface area contributed by atoms with Gasteiger partial charge in [0.05, 0.1) is 7.11 Å². The molecular formula is C11H21NO5S. The lowest BCUT2D eigenvalue weighted by Gasteiger charge is -2.32. The summed E-state index contributed by atoms with van der Waals surface area (Å²) in [6.07, 6.45) is 1.00. The standard InChI is InChI=1S/C11H21NO5S/c1-8(2)12(7-9(13)17-5)10(14)11(3,4)18(6,15)16/h8H,7H2,1-6H3. The van der Waals surface area contributed by atoms with Gasteiger partial charge in [-0.1, -0.05) is 0 Å². The summed E-state index contributed by atoms with van der Waals surface area (Å²) in [7, 11) is -2.35. The number of carbonyl (C=O) groups excluding carboxylic acids is 2. The van der Waals surface area contributed by atoms with Crippen molar-refractivity contribution >= 4 is 21.7 Å². The summed E-state index contributed by atoms with van der Waals surface area (Å²) in [6.45, 7) is 5.82. The highest BCUT2D eigenvalue weighted by Gasteiger charge is 2.42. The monoisotopic (exact) mass is 279 g/mol. The van der Waals surface area contributed by atoms with Crippen LogP contribution in [-0.2, 0) is 24.2 Å². The first-order valence-corrected chi connectivity index (χ1v) is 7.41. The Kier molecular flexibility index (Phi) is 5.34. The fourth-order valence-corrected chi connectivity index (χ4v) is 1.63. The normalized spacial score (nSPS) is 12.4. The van der Waals surface area contributed by atoms with Crippen molar-refractivity contribution in [1.29, 1.82) is 0 Å². The first-order chi connectivity index (χ1) is 7.95. The van der Waals surface area contributed by atoms with Gasteiger partial charge in [-0.3, -0.25) is 9.59 Å². The number of amides is 1. The molecule has 106 valence electrons. The van der Waals surface area contributed by atoms with Gasteiger partial charge < -0.3 is 9.64 Å². The number of sulfone groups is 1. The molecule has 0 atom stereocenters. The maximum atomic E-state index is 12.2. The maximum Gasteiger partial charge on any atom is 0.325 e. The van der Waals surface area contributed by atoms with Gasteiger partial charge in [0.15, 0.2) is 9.84 Å². The van der Waals surface area contributed by atoms with Gasteiger partial charge in [-0.15, -0.1) is 0 Å². The first-order valence-electron chi connectivity index (χ1n) is 5.52. The summed E-state index contributed by atoms with van der Waals surface area (Å²) in [5.41, 5.74) is 0. The smallest absolute Gasteiger partial charge is 0.325 e. The fourth-order valence-electron chi connectivity index (χ4n) is 1.20. The van der Waals surface area contributed by atoms with Crippen molar-refractivity contribution in [3.05, 3.63) is 0 Å². The number of hydrogen-bond donors (Lipinski definition) is 0. The minimum Gasteiger partial charge on any atom is -0.468 e. The number of nitrogens with zero attached hydrogens (tertiary/aromatic N) is 1. The highest BCUT2D eigenvalue weighted by Crippen LogP contribution is 2.20. The second-order valence-electron chi connectivity index (χ2n) is 4.89. The molecule has 0 bridgehead atoms. The molecule has 0 aromatic rings. The van der Waals surface area contributed by atoms with E-state index < -0.39 is 26.5 Å². The molecular weight excluding hydrogens is 258 g/mol. The van der Waals surface area contributed by atoms with E-state index in [1.807, 2.05) is 0 Å². The molecule has 0 N–H and O–H groups in total. The molecule has 0 aliphatic heterocycles. The van der Waals surface area contributed by atoms with Gasteiger partial charge in [0.2, 0.25) is 5.91 Å². The van der Waals surface area contributed by atoms with Crippen molar-refractivity contribution in [1.82, 2.24) is 4.90 Å². The molecule has 18 heavy (non-hydrogen) atoms. The average molecular weight is 279 g/mol. The lowest BCUT2D eigenvalue weighted by molar-refractivity contribution is -0.148. The number of ether oxygens (including phenoxy) is 1. The molecule has 0 saturated carbocycles. The largest absolute Gasteiger partial charge is 0.468 e. The molecule has 0 radical (unpaired) electrons. The Balaban J connectivity index is 5.29. The quantitative estimate of drug-likeness (QED) is 0.672. The number of esters is 1. The van der Waals surface area contributed by atoms with Crippen LogP contribution in [0.2, 0.25) is 0 Å². The van der Waals surface area contributed by atoms with Crippen LogP contribution in [0.3, 0.4) is 0 Å². The number of rotatable bonds is 5. The molecule has 0 rings (SSSR count). The van der Waals surface area contributed by atoms with Gasteiger partial charge >= 0.3 is 5.97 Å². The third-order valence-electron chi connectivity index (χ3n) is 2.85. The highest BCUT2D eigenvalue weighted by atomic mass is 32.2. The summed E-state index contributed by atoms with van der Waals surface area (Å²) < 4.78 is 26.2. The maximum absolute atomic E-state index is 12.2. The zero-order valence-corrected chi connectivity index (χ0v) is 12.5. The molecule has 0 saturated heterocycles. The van der Waals surface area contributed by atoms with Crippen LogP contribution in [0.1, 0.15) is 27.7 Å². The molecule has 0 heterocycles. The van der Waals surface area contributed by atoms with Gasteiger partial charge in [0.1, 0.15) is 11.3 Å². The molecule has 0 fully saturated rings. The lowest BCUT2D eigenvalue weighted by atomic mass is 10.1. The van der Waals surface area contributed by atoms with Gasteiger partial charge in [-0.25, -0.2) is 8.42 Å². The van der Waals surface area contributed by atoms with Crippen molar-refractivity contribution in [2.45, 2.75) is 38.5 Å². The van der Waals surface area contributed by atoms with E-state index in [0.717, 1.165) is 6.26 Å². The summed E-state index contributed by atoms with van der Waals surface area (Å²) in [5, 5.41) is 0. The average Bonchev–Trinajstić information content (AvgIpc) is 2.22. The zero-order chi connectivity index (χ0) is 14.7. The van der Waals surface area contributed by atoms with E-state index in [1.54, 1.807) is 13.8 Å². The number of carbonyl (C=O) groups is 2. The van der Waals surface area contributed by atoms with Crippen LogP contribution >= 0.6 is 0 Å². The van der Waals surface area contributed by atoms with Crippen LogP contribution in [0.5, 0.6) is 0 Å². The second kappa shape index (κ2) is 5.69. The summed E-state index contributed by atoms with van der Waals surface area (Å²) >= 11 is 0. The van der Waals surface area contributed by atoms with E-state index in [1.165, 1.54) is 25.9 Å².